The number of benzene rings is 1. The van der Waals surface area contributed by atoms with Gasteiger partial charge in [0.2, 0.25) is 5.91 Å². The molecule has 4 amide bonds. The van der Waals surface area contributed by atoms with Crippen LogP contribution in [0.5, 0.6) is 0 Å². The zero-order valence-electron chi connectivity index (χ0n) is 19.5. The van der Waals surface area contributed by atoms with Crippen LogP contribution in [-0.4, -0.2) is 65.4 Å². The van der Waals surface area contributed by atoms with Crippen LogP contribution >= 0.6 is 0 Å². The smallest absolute Gasteiger partial charge is 0.319 e. The number of aryl methyl sites for hydroxylation is 1. The molecule has 0 bridgehead atoms. The third kappa shape index (κ3) is 5.81. The second kappa shape index (κ2) is 11.0. The molecule has 0 saturated carbocycles. The van der Waals surface area contributed by atoms with Crippen LogP contribution in [0.2, 0.25) is 0 Å². The molecule has 1 aromatic carbocycles. The molecular weight excluding hydrogens is 430 g/mol. The van der Waals surface area contributed by atoms with E-state index in [2.05, 4.69) is 16.7 Å². The van der Waals surface area contributed by atoms with Crippen molar-refractivity contribution in [2.75, 3.05) is 38.0 Å². The van der Waals surface area contributed by atoms with E-state index in [9.17, 15) is 14.4 Å². The molecule has 2 aliphatic rings. The van der Waals surface area contributed by atoms with E-state index in [1.165, 1.54) is 0 Å². The number of amides is 4. The van der Waals surface area contributed by atoms with Crippen molar-refractivity contribution in [1.29, 1.82) is 0 Å². The molecule has 2 aliphatic heterocycles. The summed E-state index contributed by atoms with van der Waals surface area (Å²) in [5, 5.41) is 5.34. The highest BCUT2D eigenvalue weighted by Crippen LogP contribution is 2.30. The molecule has 0 aliphatic carbocycles. The summed E-state index contributed by atoms with van der Waals surface area (Å²) < 4.78 is 0. The van der Waals surface area contributed by atoms with Crippen LogP contribution in [0.15, 0.2) is 54.6 Å². The van der Waals surface area contributed by atoms with E-state index in [4.69, 9.17) is 4.98 Å². The van der Waals surface area contributed by atoms with Crippen LogP contribution in [0, 0.1) is 6.92 Å². The van der Waals surface area contributed by atoms with Gasteiger partial charge in [-0.3, -0.25) is 14.6 Å². The molecule has 1 saturated heterocycles. The van der Waals surface area contributed by atoms with Crippen molar-refractivity contribution in [1.82, 2.24) is 20.1 Å². The first kappa shape index (κ1) is 23.5. The van der Waals surface area contributed by atoms with Gasteiger partial charge in [0.05, 0.1) is 17.8 Å². The first-order chi connectivity index (χ1) is 16.5. The van der Waals surface area contributed by atoms with Crippen LogP contribution in [0.1, 0.15) is 46.9 Å². The number of hydrogen-bond acceptors (Lipinski definition) is 4. The van der Waals surface area contributed by atoms with E-state index < -0.39 is 6.03 Å². The summed E-state index contributed by atoms with van der Waals surface area (Å²) in [4.78, 5) is 46.2. The lowest BCUT2D eigenvalue weighted by Crippen LogP contribution is -2.44. The van der Waals surface area contributed by atoms with Crippen LogP contribution in [0.3, 0.4) is 0 Å². The predicted octanol–water partition coefficient (Wildman–Crippen LogP) is 3.32. The van der Waals surface area contributed by atoms with E-state index in [-0.39, 0.29) is 24.3 Å². The van der Waals surface area contributed by atoms with E-state index in [1.54, 1.807) is 17.0 Å². The lowest BCUT2D eigenvalue weighted by molar-refractivity contribution is -0.131. The zero-order chi connectivity index (χ0) is 23.9. The lowest BCUT2D eigenvalue weighted by atomic mass is 9.89. The van der Waals surface area contributed by atoms with Crippen molar-refractivity contribution in [2.24, 2.45) is 0 Å². The predicted molar refractivity (Wildman–Crippen MR) is 131 cm³/mol. The summed E-state index contributed by atoms with van der Waals surface area (Å²) >= 11 is 0. The zero-order valence-corrected chi connectivity index (χ0v) is 19.5. The molecule has 8 nitrogen and oxygen atoms in total. The summed E-state index contributed by atoms with van der Waals surface area (Å²) in [6.45, 7) is 4.37. The Labute approximate surface area is 200 Å². The molecule has 178 valence electrons. The highest BCUT2D eigenvalue weighted by Gasteiger charge is 2.29. The molecule has 3 heterocycles. The van der Waals surface area contributed by atoms with Gasteiger partial charge in [-0.15, -0.1) is 0 Å². The number of piperidine rings is 1. The Balaban J connectivity index is 1.32. The Morgan fingerprint density at radius 3 is 2.44 bits per heavy atom. The fraction of sp³-hybridized carbons (Fsp3) is 0.385. The molecule has 0 radical (unpaired) electrons. The highest BCUT2D eigenvalue weighted by atomic mass is 16.2. The minimum atomic E-state index is -0.408. The van der Waals surface area contributed by atoms with E-state index in [0.717, 1.165) is 37.2 Å². The largest absolute Gasteiger partial charge is 0.341 e. The van der Waals surface area contributed by atoms with E-state index in [0.29, 0.717) is 30.9 Å². The molecule has 1 aromatic heterocycles. The van der Waals surface area contributed by atoms with Crippen LogP contribution in [0.4, 0.5) is 10.5 Å². The van der Waals surface area contributed by atoms with Gasteiger partial charge in [-0.05, 0) is 50.5 Å². The maximum Gasteiger partial charge on any atom is 0.319 e. The minimum absolute atomic E-state index is 0.0268. The molecule has 4 rings (SSSR count). The van der Waals surface area contributed by atoms with E-state index >= 15 is 0 Å². The minimum Gasteiger partial charge on any atom is -0.341 e. The maximum absolute atomic E-state index is 13.2. The molecule has 34 heavy (non-hydrogen) atoms. The summed E-state index contributed by atoms with van der Waals surface area (Å²) in [5.41, 5.74) is 3.07. The SMILES string of the molecule is Cc1ccc(C(=O)N2CC=CCC2)c(C2CCN(C(=O)CNC(=O)Nc3ccccc3)CC2)n1. The van der Waals surface area contributed by atoms with Gasteiger partial charge in [0, 0.05) is 43.5 Å². The number of para-hydroxylation sites is 1. The fourth-order valence-electron chi connectivity index (χ4n) is 4.43. The van der Waals surface area contributed by atoms with Gasteiger partial charge >= 0.3 is 6.03 Å². The van der Waals surface area contributed by atoms with Crippen molar-refractivity contribution < 1.29 is 14.4 Å². The Hall–Kier alpha value is -3.68. The first-order valence-corrected chi connectivity index (χ1v) is 11.8. The van der Waals surface area contributed by atoms with Crippen molar-refractivity contribution in [3.05, 3.63) is 71.6 Å². The number of rotatable bonds is 5. The number of carbonyl (C=O) groups is 3. The van der Waals surface area contributed by atoms with Gasteiger partial charge in [0.25, 0.3) is 5.91 Å². The topological polar surface area (TPSA) is 94.6 Å². The Bertz CT molecular complexity index is 1060. The molecule has 8 heteroatoms. The third-order valence-electron chi connectivity index (χ3n) is 6.31. The molecule has 0 unspecified atom stereocenters. The number of likely N-dealkylation sites (tertiary alicyclic amines) is 1. The Kier molecular flexibility index (Phi) is 7.57. The van der Waals surface area contributed by atoms with E-state index in [1.807, 2.05) is 48.2 Å². The van der Waals surface area contributed by atoms with Gasteiger partial charge in [0.1, 0.15) is 0 Å². The number of carbonyl (C=O) groups excluding carboxylic acids is 3. The quantitative estimate of drug-likeness (QED) is 0.668. The summed E-state index contributed by atoms with van der Waals surface area (Å²) in [6, 6.07) is 12.5. The molecule has 1 fully saturated rings. The van der Waals surface area contributed by atoms with Crippen LogP contribution < -0.4 is 10.6 Å². The molecule has 0 spiro atoms. The summed E-state index contributed by atoms with van der Waals surface area (Å²) in [5.74, 6) is 0.0341. The number of nitrogens with zero attached hydrogens (tertiary/aromatic N) is 3. The number of anilines is 1. The monoisotopic (exact) mass is 461 g/mol. The second-order valence-electron chi connectivity index (χ2n) is 8.73. The van der Waals surface area contributed by atoms with Crippen molar-refractivity contribution in [3.8, 4) is 0 Å². The number of nitrogens with one attached hydrogen (secondary N) is 2. The Morgan fingerprint density at radius 1 is 0.971 bits per heavy atom. The van der Waals surface area contributed by atoms with Gasteiger partial charge in [-0.25, -0.2) is 4.79 Å². The Morgan fingerprint density at radius 2 is 1.74 bits per heavy atom. The average molecular weight is 462 g/mol. The standard InChI is InChI=1S/C26H31N5O3/c1-19-10-11-22(25(33)31-14-6-3-7-15-31)24(28-19)20-12-16-30(17-13-20)23(32)18-27-26(34)29-21-8-4-2-5-9-21/h2-6,8-11,20H,7,12-18H2,1H3,(H2,27,29,34). The van der Waals surface area contributed by atoms with Gasteiger partial charge in [-0.1, -0.05) is 30.4 Å². The average Bonchev–Trinajstić information content (AvgIpc) is 2.88. The normalized spacial score (nSPS) is 16.3. The third-order valence-corrected chi connectivity index (χ3v) is 6.31. The van der Waals surface area contributed by atoms with Gasteiger partial charge in [-0.2, -0.15) is 0 Å². The number of aromatic nitrogens is 1. The molecule has 0 atom stereocenters. The number of pyridine rings is 1. The van der Waals surface area contributed by atoms with Crippen molar-refractivity contribution >= 4 is 23.5 Å². The summed E-state index contributed by atoms with van der Waals surface area (Å²) in [7, 11) is 0. The van der Waals surface area contributed by atoms with Gasteiger partial charge in [0.15, 0.2) is 0 Å². The lowest BCUT2D eigenvalue weighted by Gasteiger charge is -2.33. The van der Waals surface area contributed by atoms with Crippen molar-refractivity contribution in [2.45, 2.75) is 32.1 Å². The fourth-order valence-corrected chi connectivity index (χ4v) is 4.43. The second-order valence-corrected chi connectivity index (χ2v) is 8.73. The molecule has 2 aromatic rings. The molecular formula is C26H31N5O3. The highest BCUT2D eigenvalue weighted by molar-refractivity contribution is 5.96. The van der Waals surface area contributed by atoms with Gasteiger partial charge < -0.3 is 20.4 Å². The molecule has 2 N–H and O–H groups in total. The maximum atomic E-state index is 13.2. The summed E-state index contributed by atoms with van der Waals surface area (Å²) in [6.07, 6.45) is 6.47. The number of urea groups is 1. The van der Waals surface area contributed by atoms with Crippen LogP contribution in [0.25, 0.3) is 0 Å². The number of hydrogen-bond donors (Lipinski definition) is 2. The van der Waals surface area contributed by atoms with Crippen molar-refractivity contribution in [3.63, 3.8) is 0 Å². The first-order valence-electron chi connectivity index (χ1n) is 11.8. The van der Waals surface area contributed by atoms with Crippen LogP contribution in [-0.2, 0) is 4.79 Å².